The Hall–Kier alpha value is -2.46. The van der Waals surface area contributed by atoms with E-state index in [1.54, 1.807) is 18.0 Å². The summed E-state index contributed by atoms with van der Waals surface area (Å²) in [6.45, 7) is 2.61. The molecule has 0 radical (unpaired) electrons. The molecule has 1 fully saturated rings. The molecule has 10 heteroatoms. The minimum Gasteiger partial charge on any atom is -0.395 e. The van der Waals surface area contributed by atoms with Crippen molar-refractivity contribution in [2.45, 2.75) is 0 Å². The summed E-state index contributed by atoms with van der Waals surface area (Å²) in [5.74, 6) is 0. The number of likely N-dealkylation sites (N-methyl/N-ethyl adjacent to an activating group) is 1. The van der Waals surface area contributed by atoms with Gasteiger partial charge in [0.25, 0.3) is 0 Å². The lowest BCUT2D eigenvalue weighted by Gasteiger charge is -2.29. The van der Waals surface area contributed by atoms with E-state index in [1.165, 1.54) is 0 Å². The minimum absolute atomic E-state index is 0.110. The molecule has 1 aliphatic heterocycles. The summed E-state index contributed by atoms with van der Waals surface area (Å²) in [6, 6.07) is 1.70. The maximum Gasteiger partial charge on any atom is 0.323 e. The van der Waals surface area contributed by atoms with Crippen LogP contribution in [-0.4, -0.2) is 66.8 Å². The maximum atomic E-state index is 11.5. The number of ether oxygens (including phenoxy) is 1. The number of morpholine rings is 1. The lowest BCUT2D eigenvalue weighted by molar-refractivity contribution is -0.382. The monoisotopic (exact) mass is 323 g/mol. The number of anilines is 2. The molecule has 2 heterocycles. The van der Waals surface area contributed by atoms with Gasteiger partial charge in [-0.1, -0.05) is 0 Å². The van der Waals surface area contributed by atoms with Crippen molar-refractivity contribution >= 4 is 28.1 Å². The van der Waals surface area contributed by atoms with Crippen LogP contribution in [0.2, 0.25) is 0 Å². The van der Waals surface area contributed by atoms with Gasteiger partial charge in [0.1, 0.15) is 5.69 Å². The number of aliphatic hydroxyl groups excluding tert-OH is 1. The molecular formula is C13H17N5O5. The van der Waals surface area contributed by atoms with Gasteiger partial charge in [0, 0.05) is 26.7 Å². The summed E-state index contributed by atoms with van der Waals surface area (Å²) < 4.78 is 10.1. The summed E-state index contributed by atoms with van der Waals surface area (Å²) in [5.41, 5.74) is 1.39. The molecule has 0 aliphatic carbocycles. The van der Waals surface area contributed by atoms with Crippen molar-refractivity contribution in [1.82, 2.24) is 10.3 Å². The molecule has 1 aromatic heterocycles. The molecule has 10 nitrogen and oxygen atoms in total. The first-order chi connectivity index (χ1) is 11.1. The second-order valence-electron chi connectivity index (χ2n) is 5.23. The largest absolute Gasteiger partial charge is 0.395 e. The topological polar surface area (TPSA) is 118 Å². The Morgan fingerprint density at radius 1 is 1.39 bits per heavy atom. The Bertz CT molecular complexity index is 712. The summed E-state index contributed by atoms with van der Waals surface area (Å²) in [6.07, 6.45) is 0. The van der Waals surface area contributed by atoms with Crippen LogP contribution in [-0.2, 0) is 4.74 Å². The van der Waals surface area contributed by atoms with Gasteiger partial charge in [-0.05, 0) is 16.4 Å². The molecule has 1 saturated heterocycles. The number of benzene rings is 1. The first-order valence-electron chi connectivity index (χ1n) is 7.22. The second-order valence-corrected chi connectivity index (χ2v) is 5.23. The van der Waals surface area contributed by atoms with Gasteiger partial charge in [-0.15, -0.1) is 0 Å². The average Bonchev–Trinajstić information content (AvgIpc) is 3.03. The van der Waals surface area contributed by atoms with Crippen LogP contribution in [0.25, 0.3) is 11.0 Å². The van der Waals surface area contributed by atoms with Crippen LogP contribution < -0.4 is 9.80 Å². The molecule has 0 unspecified atom stereocenters. The van der Waals surface area contributed by atoms with Gasteiger partial charge in [0.05, 0.1) is 30.4 Å². The molecule has 0 atom stereocenters. The van der Waals surface area contributed by atoms with E-state index < -0.39 is 4.92 Å². The van der Waals surface area contributed by atoms with Gasteiger partial charge in [0.15, 0.2) is 5.52 Å². The fourth-order valence-electron chi connectivity index (χ4n) is 2.69. The molecule has 1 aromatic carbocycles. The smallest absolute Gasteiger partial charge is 0.323 e. The molecule has 0 saturated carbocycles. The summed E-state index contributed by atoms with van der Waals surface area (Å²) >= 11 is 0. The number of hydrogen-bond donors (Lipinski definition) is 1. The van der Waals surface area contributed by atoms with Gasteiger partial charge >= 0.3 is 5.69 Å². The van der Waals surface area contributed by atoms with Gasteiger partial charge in [-0.25, -0.2) is 4.63 Å². The van der Waals surface area contributed by atoms with E-state index in [0.29, 0.717) is 37.5 Å². The number of rotatable bonds is 5. The lowest BCUT2D eigenvalue weighted by atomic mass is 10.1. The number of nitro groups is 1. The van der Waals surface area contributed by atoms with Crippen LogP contribution >= 0.6 is 0 Å². The Labute approximate surface area is 131 Å². The molecule has 124 valence electrons. The normalized spacial score (nSPS) is 15.1. The third-order valence-electron chi connectivity index (χ3n) is 3.85. The molecular weight excluding hydrogens is 306 g/mol. The van der Waals surface area contributed by atoms with Crippen molar-refractivity contribution in [2.24, 2.45) is 0 Å². The molecule has 0 amide bonds. The van der Waals surface area contributed by atoms with Crippen LogP contribution in [0, 0.1) is 10.1 Å². The summed E-state index contributed by atoms with van der Waals surface area (Å²) in [5, 5.41) is 28.2. The molecule has 2 aromatic rings. The van der Waals surface area contributed by atoms with Crippen molar-refractivity contribution in [1.29, 1.82) is 0 Å². The van der Waals surface area contributed by atoms with Crippen LogP contribution in [0.5, 0.6) is 0 Å². The van der Waals surface area contributed by atoms with Crippen molar-refractivity contribution in [3.8, 4) is 0 Å². The number of aliphatic hydroxyl groups is 1. The predicted molar refractivity (Wildman–Crippen MR) is 81.8 cm³/mol. The van der Waals surface area contributed by atoms with Crippen molar-refractivity contribution in [3.63, 3.8) is 0 Å². The Morgan fingerprint density at radius 2 is 2.09 bits per heavy atom. The summed E-state index contributed by atoms with van der Waals surface area (Å²) in [7, 11) is 1.68. The number of aromatic nitrogens is 2. The zero-order chi connectivity index (χ0) is 16.4. The van der Waals surface area contributed by atoms with Crippen molar-refractivity contribution in [3.05, 3.63) is 16.2 Å². The third kappa shape index (κ3) is 2.78. The van der Waals surface area contributed by atoms with Crippen LogP contribution in [0.3, 0.4) is 0 Å². The van der Waals surface area contributed by atoms with E-state index >= 15 is 0 Å². The Balaban J connectivity index is 2.18. The first-order valence-corrected chi connectivity index (χ1v) is 7.22. The predicted octanol–water partition coefficient (Wildman–Crippen LogP) is 0.396. The van der Waals surface area contributed by atoms with Crippen LogP contribution in [0.1, 0.15) is 0 Å². The van der Waals surface area contributed by atoms with E-state index in [2.05, 4.69) is 10.3 Å². The third-order valence-corrected chi connectivity index (χ3v) is 3.85. The van der Waals surface area contributed by atoms with Gasteiger partial charge < -0.3 is 19.6 Å². The van der Waals surface area contributed by atoms with Crippen LogP contribution in [0.4, 0.5) is 17.1 Å². The highest BCUT2D eigenvalue weighted by Crippen LogP contribution is 2.40. The summed E-state index contributed by atoms with van der Waals surface area (Å²) in [4.78, 5) is 14.7. The maximum absolute atomic E-state index is 11.5. The van der Waals surface area contributed by atoms with E-state index in [0.717, 1.165) is 5.69 Å². The van der Waals surface area contributed by atoms with Crippen molar-refractivity contribution < 1.29 is 19.4 Å². The lowest BCUT2D eigenvalue weighted by Crippen LogP contribution is -2.36. The highest BCUT2D eigenvalue weighted by Gasteiger charge is 2.29. The van der Waals surface area contributed by atoms with E-state index in [4.69, 9.17) is 14.5 Å². The van der Waals surface area contributed by atoms with Gasteiger partial charge in [-0.2, -0.15) is 0 Å². The number of hydrogen-bond acceptors (Lipinski definition) is 9. The average molecular weight is 323 g/mol. The highest BCUT2D eigenvalue weighted by molar-refractivity contribution is 6.00. The SMILES string of the molecule is CN(CCO)c1cc(N2CCOCC2)c2nonc2c1[N+](=O)[O-]. The van der Waals surface area contributed by atoms with Crippen molar-refractivity contribution in [2.75, 3.05) is 56.3 Å². The van der Waals surface area contributed by atoms with E-state index in [-0.39, 0.29) is 24.4 Å². The van der Waals surface area contributed by atoms with Gasteiger partial charge in [0.2, 0.25) is 5.52 Å². The highest BCUT2D eigenvalue weighted by atomic mass is 16.6. The van der Waals surface area contributed by atoms with Gasteiger partial charge in [-0.3, -0.25) is 10.1 Å². The zero-order valence-electron chi connectivity index (χ0n) is 12.6. The fourth-order valence-corrected chi connectivity index (χ4v) is 2.69. The van der Waals surface area contributed by atoms with E-state index in [1.807, 2.05) is 4.90 Å². The Kier molecular flexibility index (Phi) is 4.26. The first kappa shape index (κ1) is 15.4. The molecule has 23 heavy (non-hydrogen) atoms. The molecule has 3 rings (SSSR count). The standard InChI is InChI=1S/C13H17N5O5/c1-16(2-5-19)10-8-9(17-3-6-22-7-4-17)11-12(15-23-14-11)13(10)18(20)21/h8,19H,2-7H2,1H3. The number of fused-ring (bicyclic) bond motifs is 1. The number of nitro benzene ring substituents is 1. The minimum atomic E-state index is -0.501. The molecule has 0 bridgehead atoms. The van der Waals surface area contributed by atoms with Crippen LogP contribution in [0.15, 0.2) is 10.7 Å². The second kappa shape index (κ2) is 6.34. The zero-order valence-corrected chi connectivity index (χ0v) is 12.6. The molecule has 1 N–H and O–H groups in total. The fraction of sp³-hybridized carbons (Fsp3) is 0.538. The molecule has 0 spiro atoms. The Morgan fingerprint density at radius 3 is 2.74 bits per heavy atom. The van der Waals surface area contributed by atoms with E-state index in [9.17, 15) is 10.1 Å². The quantitative estimate of drug-likeness (QED) is 0.616. The number of nitrogens with zero attached hydrogens (tertiary/aromatic N) is 5. The molecule has 1 aliphatic rings.